The smallest absolute Gasteiger partial charge is 0.0480 e. The van der Waals surface area contributed by atoms with Gasteiger partial charge in [-0.25, -0.2) is 0 Å². The zero-order chi connectivity index (χ0) is 9.10. The van der Waals surface area contributed by atoms with Crippen LogP contribution in [0.2, 0.25) is 0 Å². The Balaban J connectivity index is 1.83. The SMILES string of the molecule is [SiH3]C1CC(N2CCCCC2)CCO1. The molecular weight excluding hydrogens is 178 g/mol. The van der Waals surface area contributed by atoms with Gasteiger partial charge < -0.3 is 9.64 Å². The van der Waals surface area contributed by atoms with Crippen molar-refractivity contribution in [2.45, 2.75) is 43.9 Å². The highest BCUT2D eigenvalue weighted by Crippen LogP contribution is 2.21. The first-order valence-corrected chi connectivity index (χ1v) is 6.87. The molecule has 2 atom stereocenters. The Bertz CT molecular complexity index is 159. The molecule has 13 heavy (non-hydrogen) atoms. The van der Waals surface area contributed by atoms with E-state index < -0.39 is 0 Å². The Morgan fingerprint density at radius 2 is 1.92 bits per heavy atom. The van der Waals surface area contributed by atoms with E-state index in [0.29, 0.717) is 5.73 Å². The topological polar surface area (TPSA) is 12.5 Å². The van der Waals surface area contributed by atoms with Crippen molar-refractivity contribution >= 4 is 10.2 Å². The molecule has 2 nitrogen and oxygen atoms in total. The molecule has 2 unspecified atom stereocenters. The minimum atomic E-state index is 0.626. The minimum absolute atomic E-state index is 0.626. The number of piperidine rings is 1. The predicted octanol–water partition coefficient (Wildman–Crippen LogP) is 0.343. The maximum atomic E-state index is 5.63. The van der Waals surface area contributed by atoms with Gasteiger partial charge in [0.1, 0.15) is 0 Å². The van der Waals surface area contributed by atoms with E-state index in [0.717, 1.165) is 12.6 Å². The number of ether oxygens (including phenoxy) is 1. The van der Waals surface area contributed by atoms with Crippen molar-refractivity contribution in [3.63, 3.8) is 0 Å². The van der Waals surface area contributed by atoms with Crippen LogP contribution < -0.4 is 0 Å². The van der Waals surface area contributed by atoms with Crippen LogP contribution in [0, 0.1) is 0 Å². The summed E-state index contributed by atoms with van der Waals surface area (Å²) in [5.74, 6) is 0. The Morgan fingerprint density at radius 3 is 2.62 bits per heavy atom. The first kappa shape index (κ1) is 9.68. The van der Waals surface area contributed by atoms with Gasteiger partial charge in [0.25, 0.3) is 0 Å². The van der Waals surface area contributed by atoms with Gasteiger partial charge in [-0.3, -0.25) is 0 Å². The zero-order valence-corrected chi connectivity index (χ0v) is 10.7. The average molecular weight is 199 g/mol. The number of hydrogen-bond acceptors (Lipinski definition) is 2. The lowest BCUT2D eigenvalue weighted by Gasteiger charge is -2.38. The summed E-state index contributed by atoms with van der Waals surface area (Å²) < 4.78 is 5.63. The largest absolute Gasteiger partial charge is 0.383 e. The number of rotatable bonds is 1. The molecule has 2 aliphatic heterocycles. The molecule has 76 valence electrons. The van der Waals surface area contributed by atoms with E-state index in [4.69, 9.17) is 4.74 Å². The van der Waals surface area contributed by atoms with E-state index in [1.54, 1.807) is 0 Å². The fraction of sp³-hybridized carbons (Fsp3) is 1.00. The van der Waals surface area contributed by atoms with Gasteiger partial charge in [-0.2, -0.15) is 0 Å². The van der Waals surface area contributed by atoms with Crippen LogP contribution in [0.5, 0.6) is 0 Å². The third kappa shape index (κ3) is 2.54. The van der Waals surface area contributed by atoms with E-state index in [1.165, 1.54) is 55.4 Å². The quantitative estimate of drug-likeness (QED) is 0.565. The standard InChI is InChI=1S/C10H21NOSi/c13-10-8-9(4-7-12-10)11-5-2-1-3-6-11/h9-10H,1-8H2,13H3. The number of likely N-dealkylation sites (tertiary alicyclic amines) is 1. The molecule has 0 aromatic rings. The van der Waals surface area contributed by atoms with Crippen molar-refractivity contribution in [3.8, 4) is 0 Å². The maximum absolute atomic E-state index is 5.63. The Labute approximate surface area is 84.1 Å². The monoisotopic (exact) mass is 199 g/mol. The van der Waals surface area contributed by atoms with Crippen molar-refractivity contribution in [1.82, 2.24) is 4.90 Å². The first-order chi connectivity index (χ1) is 6.36. The Kier molecular flexibility index (Phi) is 3.41. The molecule has 2 rings (SSSR count). The van der Waals surface area contributed by atoms with Gasteiger partial charge in [0.15, 0.2) is 0 Å². The highest BCUT2D eigenvalue weighted by Gasteiger charge is 2.25. The zero-order valence-electron chi connectivity index (χ0n) is 8.67. The van der Waals surface area contributed by atoms with Gasteiger partial charge in [0.05, 0.1) is 0 Å². The van der Waals surface area contributed by atoms with Gasteiger partial charge in [-0.05, 0) is 38.8 Å². The summed E-state index contributed by atoms with van der Waals surface area (Å²) >= 11 is 0. The molecule has 0 saturated carbocycles. The van der Waals surface area contributed by atoms with E-state index in [-0.39, 0.29) is 0 Å². The minimum Gasteiger partial charge on any atom is -0.383 e. The lowest BCUT2D eigenvalue weighted by Crippen LogP contribution is -2.44. The van der Waals surface area contributed by atoms with E-state index in [9.17, 15) is 0 Å². The van der Waals surface area contributed by atoms with Crippen LogP contribution in [0.3, 0.4) is 0 Å². The summed E-state index contributed by atoms with van der Waals surface area (Å²) in [5.41, 5.74) is 0.626. The van der Waals surface area contributed by atoms with Crippen molar-refractivity contribution in [2.24, 2.45) is 0 Å². The summed E-state index contributed by atoms with van der Waals surface area (Å²) in [6.07, 6.45) is 6.88. The second-order valence-electron chi connectivity index (χ2n) is 4.46. The highest BCUT2D eigenvalue weighted by atomic mass is 28.1. The highest BCUT2D eigenvalue weighted by molar-refractivity contribution is 6.11. The molecule has 2 heterocycles. The van der Waals surface area contributed by atoms with Crippen LogP contribution in [0.4, 0.5) is 0 Å². The molecule has 0 aromatic heterocycles. The van der Waals surface area contributed by atoms with Crippen LogP contribution in [0.25, 0.3) is 0 Å². The number of hydrogen-bond donors (Lipinski definition) is 0. The van der Waals surface area contributed by atoms with Gasteiger partial charge in [-0.15, -0.1) is 0 Å². The molecule has 2 aliphatic rings. The fourth-order valence-corrected chi connectivity index (χ4v) is 3.37. The first-order valence-electron chi connectivity index (χ1n) is 5.72. The Morgan fingerprint density at radius 1 is 1.15 bits per heavy atom. The summed E-state index contributed by atoms with van der Waals surface area (Å²) in [5, 5.41) is 0. The molecule has 0 bridgehead atoms. The van der Waals surface area contributed by atoms with Gasteiger partial charge >= 0.3 is 0 Å². The van der Waals surface area contributed by atoms with Gasteiger partial charge in [0, 0.05) is 28.6 Å². The molecule has 0 radical (unpaired) electrons. The molecule has 0 aromatic carbocycles. The van der Waals surface area contributed by atoms with Crippen molar-refractivity contribution in [2.75, 3.05) is 19.7 Å². The second kappa shape index (κ2) is 4.58. The molecule has 2 fully saturated rings. The molecule has 0 amide bonds. The maximum Gasteiger partial charge on any atom is 0.0480 e. The second-order valence-corrected chi connectivity index (χ2v) is 5.74. The van der Waals surface area contributed by atoms with Crippen molar-refractivity contribution in [1.29, 1.82) is 0 Å². The molecule has 0 N–H and O–H groups in total. The van der Waals surface area contributed by atoms with E-state index in [1.807, 2.05) is 0 Å². The Hall–Kier alpha value is 0.137. The summed E-state index contributed by atoms with van der Waals surface area (Å²) in [6.45, 7) is 3.70. The van der Waals surface area contributed by atoms with Crippen LogP contribution in [-0.2, 0) is 4.74 Å². The lowest BCUT2D eigenvalue weighted by molar-refractivity contribution is 0.00704. The molecule has 0 aliphatic carbocycles. The van der Waals surface area contributed by atoms with Crippen molar-refractivity contribution in [3.05, 3.63) is 0 Å². The van der Waals surface area contributed by atoms with Crippen LogP contribution >= 0.6 is 0 Å². The molecule has 3 heteroatoms. The fourth-order valence-electron chi connectivity index (χ4n) is 2.59. The van der Waals surface area contributed by atoms with Crippen LogP contribution in [0.15, 0.2) is 0 Å². The van der Waals surface area contributed by atoms with Gasteiger partial charge in [-0.1, -0.05) is 6.42 Å². The summed E-state index contributed by atoms with van der Waals surface area (Å²) in [7, 11) is 1.21. The molecule has 2 saturated heterocycles. The third-order valence-corrected chi connectivity index (χ3v) is 4.17. The molecule has 0 spiro atoms. The summed E-state index contributed by atoms with van der Waals surface area (Å²) in [4.78, 5) is 2.71. The normalized spacial score (nSPS) is 37.8. The van der Waals surface area contributed by atoms with Crippen LogP contribution in [0.1, 0.15) is 32.1 Å². The van der Waals surface area contributed by atoms with Crippen molar-refractivity contribution < 1.29 is 4.74 Å². The number of nitrogens with zero attached hydrogens (tertiary/aromatic N) is 1. The lowest BCUT2D eigenvalue weighted by atomic mass is 10.0. The van der Waals surface area contributed by atoms with E-state index in [2.05, 4.69) is 4.90 Å². The van der Waals surface area contributed by atoms with E-state index >= 15 is 0 Å². The van der Waals surface area contributed by atoms with Crippen LogP contribution in [-0.4, -0.2) is 46.6 Å². The third-order valence-electron chi connectivity index (χ3n) is 3.36. The predicted molar refractivity (Wildman–Crippen MR) is 58.1 cm³/mol. The van der Waals surface area contributed by atoms with Gasteiger partial charge in [0.2, 0.25) is 0 Å². The summed E-state index contributed by atoms with van der Waals surface area (Å²) in [6, 6.07) is 0.858. The molecular formula is C10H21NOSi. The average Bonchev–Trinajstić information content (AvgIpc) is 2.19.